The first-order valence-electron chi connectivity index (χ1n) is 7.98. The molecule has 0 saturated heterocycles. The Morgan fingerprint density at radius 2 is 2.00 bits per heavy atom. The molecule has 3 rings (SSSR count). The zero-order valence-electron chi connectivity index (χ0n) is 13.9. The normalized spacial score (nSPS) is 10.9. The number of hydrogen-bond donors (Lipinski definition) is 1. The lowest BCUT2D eigenvalue weighted by Crippen LogP contribution is -2.09. The fraction of sp³-hybridized carbons (Fsp3) is 0.333. The van der Waals surface area contributed by atoms with E-state index in [2.05, 4.69) is 57.5 Å². The zero-order valence-corrected chi connectivity index (χ0v) is 13.9. The van der Waals surface area contributed by atoms with Gasteiger partial charge in [-0.25, -0.2) is 14.6 Å². The highest BCUT2D eigenvalue weighted by Crippen LogP contribution is 2.19. The molecule has 3 aromatic rings. The molecular formula is C18H20N6. The molecule has 0 atom stereocenters. The van der Waals surface area contributed by atoms with Crippen LogP contribution < -0.4 is 5.32 Å². The molecule has 0 aliphatic rings. The van der Waals surface area contributed by atoms with Gasteiger partial charge in [0.05, 0.1) is 13.1 Å². The molecule has 0 aliphatic carbocycles. The lowest BCUT2D eigenvalue weighted by Gasteiger charge is -2.08. The number of nitrogens with zero attached hydrogens (tertiary/aromatic N) is 5. The number of benzene rings is 1. The molecule has 1 aromatic carbocycles. The largest absolute Gasteiger partial charge is 0.357 e. The number of hydrogen-bond acceptors (Lipinski definition) is 5. The summed E-state index contributed by atoms with van der Waals surface area (Å²) in [4.78, 5) is 9.24. The van der Waals surface area contributed by atoms with Gasteiger partial charge in [0.1, 0.15) is 5.82 Å². The average Bonchev–Trinajstić information content (AvgIpc) is 2.96. The standard InChI is InChI=1S/C18H20N6/c1-4-10-19-17-16-18(21-15(20-17)11-13(2)3)24(23-22-16)12-14-8-6-5-7-9-14/h1,5-9,13H,10-12H2,2-3H3,(H,19,20,21). The number of anilines is 1. The van der Waals surface area contributed by atoms with Crippen molar-refractivity contribution in [3.63, 3.8) is 0 Å². The Labute approximate surface area is 141 Å². The Balaban J connectivity index is 2.03. The van der Waals surface area contributed by atoms with Crippen LogP contribution in [0.1, 0.15) is 25.2 Å². The minimum atomic E-state index is 0.388. The van der Waals surface area contributed by atoms with Crippen LogP contribution in [0.5, 0.6) is 0 Å². The summed E-state index contributed by atoms with van der Waals surface area (Å²) in [6, 6.07) is 10.1. The third-order valence-corrected chi connectivity index (χ3v) is 3.53. The van der Waals surface area contributed by atoms with Crippen LogP contribution in [0.2, 0.25) is 0 Å². The van der Waals surface area contributed by atoms with Crippen LogP contribution >= 0.6 is 0 Å². The predicted octanol–water partition coefficient (Wildman–Crippen LogP) is 2.51. The van der Waals surface area contributed by atoms with E-state index in [0.717, 1.165) is 23.5 Å². The summed E-state index contributed by atoms with van der Waals surface area (Å²) >= 11 is 0. The van der Waals surface area contributed by atoms with E-state index in [-0.39, 0.29) is 0 Å². The van der Waals surface area contributed by atoms with E-state index in [1.54, 1.807) is 4.68 Å². The first-order chi connectivity index (χ1) is 11.7. The molecule has 0 aliphatic heterocycles. The van der Waals surface area contributed by atoms with Gasteiger partial charge in [0, 0.05) is 6.42 Å². The number of fused-ring (bicyclic) bond motifs is 1. The highest BCUT2D eigenvalue weighted by molar-refractivity contribution is 5.82. The van der Waals surface area contributed by atoms with Gasteiger partial charge in [-0.3, -0.25) is 0 Å². The molecule has 0 bridgehead atoms. The third kappa shape index (κ3) is 3.51. The molecular weight excluding hydrogens is 300 g/mol. The van der Waals surface area contributed by atoms with Gasteiger partial charge in [0.25, 0.3) is 0 Å². The Bertz CT molecular complexity index is 860. The highest BCUT2D eigenvalue weighted by atomic mass is 15.4. The Kier molecular flexibility index (Phi) is 4.71. The van der Waals surface area contributed by atoms with Gasteiger partial charge in [0.2, 0.25) is 0 Å². The molecule has 24 heavy (non-hydrogen) atoms. The maximum absolute atomic E-state index is 5.35. The van der Waals surface area contributed by atoms with Gasteiger partial charge in [-0.2, -0.15) is 0 Å². The summed E-state index contributed by atoms with van der Waals surface area (Å²) in [7, 11) is 0. The van der Waals surface area contributed by atoms with Crippen LogP contribution in [0.15, 0.2) is 30.3 Å². The van der Waals surface area contributed by atoms with Gasteiger partial charge in [0.15, 0.2) is 17.0 Å². The molecule has 0 amide bonds. The van der Waals surface area contributed by atoms with Crippen molar-refractivity contribution >= 4 is 17.0 Å². The van der Waals surface area contributed by atoms with Crippen molar-refractivity contribution in [2.24, 2.45) is 5.92 Å². The second kappa shape index (κ2) is 7.09. The fourth-order valence-corrected chi connectivity index (χ4v) is 2.48. The first-order valence-corrected chi connectivity index (χ1v) is 7.98. The molecule has 1 N–H and O–H groups in total. The van der Waals surface area contributed by atoms with E-state index < -0.39 is 0 Å². The Morgan fingerprint density at radius 1 is 1.21 bits per heavy atom. The second-order valence-corrected chi connectivity index (χ2v) is 6.05. The number of terminal acetylenes is 1. The van der Waals surface area contributed by atoms with Crippen molar-refractivity contribution < 1.29 is 0 Å². The summed E-state index contributed by atoms with van der Waals surface area (Å²) in [6.45, 7) is 5.28. The molecule has 0 spiro atoms. The van der Waals surface area contributed by atoms with Crippen molar-refractivity contribution in [1.29, 1.82) is 0 Å². The average molecular weight is 320 g/mol. The smallest absolute Gasteiger partial charge is 0.184 e. The summed E-state index contributed by atoms with van der Waals surface area (Å²) < 4.78 is 1.80. The SMILES string of the molecule is C#CCNc1nc(CC(C)C)nc2c1nnn2Cc1ccccc1. The third-order valence-electron chi connectivity index (χ3n) is 3.53. The van der Waals surface area contributed by atoms with Gasteiger partial charge in [-0.1, -0.05) is 55.3 Å². The van der Waals surface area contributed by atoms with Crippen LogP contribution in [0.25, 0.3) is 11.2 Å². The van der Waals surface area contributed by atoms with Crippen molar-refractivity contribution in [2.45, 2.75) is 26.8 Å². The lowest BCUT2D eigenvalue weighted by molar-refractivity contribution is 0.618. The zero-order chi connectivity index (χ0) is 16.9. The molecule has 0 fully saturated rings. The van der Waals surface area contributed by atoms with Crippen molar-refractivity contribution in [3.05, 3.63) is 41.7 Å². The van der Waals surface area contributed by atoms with Crippen LogP contribution in [-0.2, 0) is 13.0 Å². The molecule has 0 radical (unpaired) electrons. The quantitative estimate of drug-likeness (QED) is 0.707. The van der Waals surface area contributed by atoms with Crippen LogP contribution in [0.4, 0.5) is 5.82 Å². The minimum absolute atomic E-state index is 0.388. The summed E-state index contributed by atoms with van der Waals surface area (Å²) in [5.74, 6) is 4.44. The summed E-state index contributed by atoms with van der Waals surface area (Å²) in [6.07, 6.45) is 6.14. The highest BCUT2D eigenvalue weighted by Gasteiger charge is 2.15. The van der Waals surface area contributed by atoms with Gasteiger partial charge in [-0.15, -0.1) is 11.5 Å². The second-order valence-electron chi connectivity index (χ2n) is 6.05. The van der Waals surface area contributed by atoms with Gasteiger partial charge >= 0.3 is 0 Å². The monoisotopic (exact) mass is 320 g/mol. The number of aromatic nitrogens is 5. The fourth-order valence-electron chi connectivity index (χ4n) is 2.48. The predicted molar refractivity (Wildman–Crippen MR) is 94.5 cm³/mol. The van der Waals surface area contributed by atoms with Crippen molar-refractivity contribution in [3.8, 4) is 12.3 Å². The minimum Gasteiger partial charge on any atom is -0.357 e. The first kappa shape index (κ1) is 15.9. The van der Waals surface area contributed by atoms with Crippen molar-refractivity contribution in [1.82, 2.24) is 25.0 Å². The molecule has 2 aromatic heterocycles. The Hall–Kier alpha value is -2.94. The maximum Gasteiger partial charge on any atom is 0.184 e. The van der Waals surface area contributed by atoms with Gasteiger partial charge < -0.3 is 5.32 Å². The molecule has 6 nitrogen and oxygen atoms in total. The van der Waals surface area contributed by atoms with E-state index in [9.17, 15) is 0 Å². The van der Waals surface area contributed by atoms with Crippen LogP contribution in [-0.4, -0.2) is 31.5 Å². The van der Waals surface area contributed by atoms with E-state index in [0.29, 0.717) is 30.3 Å². The lowest BCUT2D eigenvalue weighted by atomic mass is 10.1. The maximum atomic E-state index is 5.35. The Morgan fingerprint density at radius 3 is 2.71 bits per heavy atom. The molecule has 6 heteroatoms. The van der Waals surface area contributed by atoms with Gasteiger partial charge in [-0.05, 0) is 11.5 Å². The number of rotatable bonds is 6. The van der Waals surface area contributed by atoms with Crippen LogP contribution in [0.3, 0.4) is 0 Å². The molecule has 122 valence electrons. The van der Waals surface area contributed by atoms with E-state index in [1.165, 1.54) is 0 Å². The molecule has 2 heterocycles. The summed E-state index contributed by atoms with van der Waals surface area (Å²) in [5.41, 5.74) is 2.52. The van der Waals surface area contributed by atoms with E-state index in [4.69, 9.17) is 6.42 Å². The van der Waals surface area contributed by atoms with Crippen molar-refractivity contribution in [2.75, 3.05) is 11.9 Å². The topological polar surface area (TPSA) is 68.5 Å². The number of nitrogens with one attached hydrogen (secondary N) is 1. The van der Waals surface area contributed by atoms with E-state index in [1.807, 2.05) is 18.2 Å². The molecule has 0 unspecified atom stereocenters. The molecule has 0 saturated carbocycles. The van der Waals surface area contributed by atoms with Crippen LogP contribution in [0, 0.1) is 18.3 Å². The summed E-state index contributed by atoms with van der Waals surface area (Å²) in [5, 5.41) is 11.6. The van der Waals surface area contributed by atoms with E-state index >= 15 is 0 Å².